The second-order valence-electron chi connectivity index (χ2n) is 6.43. The maximum Gasteiger partial charge on any atom is 0.273 e. The zero-order valence-corrected chi connectivity index (χ0v) is 15.4. The largest absolute Gasteiger partial charge is 0.395 e. The molecule has 1 aliphatic rings. The van der Waals surface area contributed by atoms with Gasteiger partial charge in [0.25, 0.3) is 5.91 Å². The number of hydrogen-bond donors (Lipinski definition) is 1. The van der Waals surface area contributed by atoms with Crippen molar-refractivity contribution < 1.29 is 9.90 Å². The lowest BCUT2D eigenvalue weighted by Gasteiger charge is -2.31. The number of amides is 1. The number of rotatable bonds is 6. The molecule has 1 N–H and O–H groups in total. The molecule has 0 unspecified atom stereocenters. The molecule has 2 aromatic rings. The molecule has 0 saturated carbocycles. The lowest BCUT2D eigenvalue weighted by atomic mass is 9.95. The van der Waals surface area contributed by atoms with Crippen LogP contribution in [0.1, 0.15) is 40.9 Å². The van der Waals surface area contributed by atoms with Gasteiger partial charge in [0.2, 0.25) is 0 Å². The summed E-state index contributed by atoms with van der Waals surface area (Å²) in [7, 11) is 3.94. The SMILES string of the molecule is CN(CCO)Cc1nnc(C2CCN(C(=O)c3cscn3)CC2)n1C. The Bertz CT molecular complexity index is 694. The summed E-state index contributed by atoms with van der Waals surface area (Å²) < 4.78 is 2.05. The fourth-order valence-electron chi connectivity index (χ4n) is 3.18. The van der Waals surface area contributed by atoms with Gasteiger partial charge in [-0.05, 0) is 19.9 Å². The zero-order chi connectivity index (χ0) is 17.8. The van der Waals surface area contributed by atoms with Crippen molar-refractivity contribution >= 4 is 17.2 Å². The molecule has 0 atom stereocenters. The monoisotopic (exact) mass is 364 g/mol. The van der Waals surface area contributed by atoms with Crippen LogP contribution in [-0.2, 0) is 13.6 Å². The summed E-state index contributed by atoms with van der Waals surface area (Å²) in [4.78, 5) is 20.4. The van der Waals surface area contributed by atoms with Crippen molar-refractivity contribution in [1.29, 1.82) is 0 Å². The van der Waals surface area contributed by atoms with Gasteiger partial charge in [0, 0.05) is 38.0 Å². The number of hydrogen-bond acceptors (Lipinski definition) is 7. The molecule has 0 bridgehead atoms. The quantitative estimate of drug-likeness (QED) is 0.812. The predicted molar refractivity (Wildman–Crippen MR) is 94.4 cm³/mol. The number of carbonyl (C=O) groups excluding carboxylic acids is 1. The van der Waals surface area contributed by atoms with E-state index in [-0.39, 0.29) is 12.5 Å². The minimum Gasteiger partial charge on any atom is -0.395 e. The van der Waals surface area contributed by atoms with Crippen molar-refractivity contribution in [2.45, 2.75) is 25.3 Å². The minimum absolute atomic E-state index is 0.0176. The van der Waals surface area contributed by atoms with E-state index in [1.165, 1.54) is 11.3 Å². The molecule has 0 radical (unpaired) electrons. The molecular formula is C16H24N6O2S. The summed E-state index contributed by atoms with van der Waals surface area (Å²) in [6.45, 7) is 2.83. The van der Waals surface area contributed by atoms with Crippen LogP contribution in [-0.4, -0.2) is 73.9 Å². The Morgan fingerprint density at radius 1 is 1.40 bits per heavy atom. The third-order valence-corrected chi connectivity index (χ3v) is 5.28. The molecule has 1 aliphatic heterocycles. The summed E-state index contributed by atoms with van der Waals surface area (Å²) in [5, 5.41) is 19.5. The van der Waals surface area contributed by atoms with Crippen molar-refractivity contribution in [3.8, 4) is 0 Å². The van der Waals surface area contributed by atoms with Gasteiger partial charge in [0.15, 0.2) is 0 Å². The van der Waals surface area contributed by atoms with Gasteiger partial charge in [-0.1, -0.05) is 0 Å². The Balaban J connectivity index is 1.60. The van der Waals surface area contributed by atoms with Crippen molar-refractivity contribution in [2.75, 3.05) is 33.3 Å². The Morgan fingerprint density at radius 2 is 2.16 bits per heavy atom. The molecule has 8 nitrogen and oxygen atoms in total. The van der Waals surface area contributed by atoms with Crippen LogP contribution in [0.2, 0.25) is 0 Å². The van der Waals surface area contributed by atoms with Crippen LogP contribution in [0.15, 0.2) is 10.9 Å². The van der Waals surface area contributed by atoms with E-state index in [1.54, 1.807) is 10.9 Å². The molecule has 9 heteroatoms. The van der Waals surface area contributed by atoms with Gasteiger partial charge in [-0.3, -0.25) is 9.69 Å². The van der Waals surface area contributed by atoms with E-state index in [2.05, 4.69) is 19.7 Å². The summed E-state index contributed by atoms with van der Waals surface area (Å²) >= 11 is 1.44. The first-order chi connectivity index (χ1) is 12.1. The van der Waals surface area contributed by atoms with E-state index in [0.717, 1.165) is 24.5 Å². The lowest BCUT2D eigenvalue weighted by Crippen LogP contribution is -2.38. The number of carbonyl (C=O) groups is 1. The highest BCUT2D eigenvalue weighted by molar-refractivity contribution is 7.07. The summed E-state index contributed by atoms with van der Waals surface area (Å²) in [5.74, 6) is 2.21. The van der Waals surface area contributed by atoms with Gasteiger partial charge in [0.05, 0.1) is 18.7 Å². The normalized spacial score (nSPS) is 15.9. The molecule has 0 aliphatic carbocycles. The molecule has 136 valence electrons. The third-order valence-electron chi connectivity index (χ3n) is 4.69. The Labute approximate surface area is 151 Å². The first-order valence-electron chi connectivity index (χ1n) is 8.45. The maximum atomic E-state index is 12.4. The Kier molecular flexibility index (Phi) is 5.77. The van der Waals surface area contributed by atoms with Crippen LogP contribution >= 0.6 is 11.3 Å². The van der Waals surface area contributed by atoms with Gasteiger partial charge in [-0.2, -0.15) is 0 Å². The summed E-state index contributed by atoms with van der Waals surface area (Å²) in [6, 6.07) is 0. The van der Waals surface area contributed by atoms with E-state index < -0.39 is 0 Å². The third kappa shape index (κ3) is 4.05. The number of nitrogens with zero attached hydrogens (tertiary/aromatic N) is 6. The van der Waals surface area contributed by atoms with E-state index in [0.29, 0.717) is 37.8 Å². The molecule has 2 aromatic heterocycles. The smallest absolute Gasteiger partial charge is 0.273 e. The summed E-state index contributed by atoms with van der Waals surface area (Å²) in [5.41, 5.74) is 2.23. The van der Waals surface area contributed by atoms with Crippen LogP contribution in [0.4, 0.5) is 0 Å². The van der Waals surface area contributed by atoms with Gasteiger partial charge >= 0.3 is 0 Å². The average Bonchev–Trinajstić information content (AvgIpc) is 3.26. The molecule has 1 saturated heterocycles. The second kappa shape index (κ2) is 8.03. The van der Waals surface area contributed by atoms with E-state index in [9.17, 15) is 4.79 Å². The van der Waals surface area contributed by atoms with E-state index in [4.69, 9.17) is 5.11 Å². The first kappa shape index (κ1) is 18.0. The molecule has 25 heavy (non-hydrogen) atoms. The number of aromatic nitrogens is 4. The van der Waals surface area contributed by atoms with Crippen LogP contribution in [0.5, 0.6) is 0 Å². The highest BCUT2D eigenvalue weighted by atomic mass is 32.1. The van der Waals surface area contributed by atoms with Crippen molar-refractivity contribution in [1.82, 2.24) is 29.5 Å². The number of piperidine rings is 1. The van der Waals surface area contributed by atoms with Gasteiger partial charge in [-0.25, -0.2) is 4.98 Å². The van der Waals surface area contributed by atoms with Crippen LogP contribution in [0, 0.1) is 0 Å². The van der Waals surface area contributed by atoms with Crippen molar-refractivity contribution in [3.63, 3.8) is 0 Å². The van der Waals surface area contributed by atoms with Crippen LogP contribution in [0.25, 0.3) is 0 Å². The van der Waals surface area contributed by atoms with Crippen LogP contribution in [0.3, 0.4) is 0 Å². The number of aliphatic hydroxyl groups excluding tert-OH is 1. The van der Waals surface area contributed by atoms with Gasteiger partial charge in [0.1, 0.15) is 17.3 Å². The molecule has 0 aromatic carbocycles. The Hall–Kier alpha value is -1.84. The number of thiazole rings is 1. The number of likely N-dealkylation sites (N-methyl/N-ethyl adjacent to an activating group) is 1. The molecular weight excluding hydrogens is 340 g/mol. The van der Waals surface area contributed by atoms with E-state index >= 15 is 0 Å². The topological polar surface area (TPSA) is 87.4 Å². The fraction of sp³-hybridized carbons (Fsp3) is 0.625. The standard InChI is InChI=1S/C16H24N6O2S/c1-20(7-8-23)9-14-18-19-15(21(14)2)12-3-5-22(6-4-12)16(24)13-10-25-11-17-13/h10-12,23H,3-9H2,1-2H3. The predicted octanol–water partition coefficient (Wildman–Crippen LogP) is 0.715. The molecule has 1 amide bonds. The fourth-order valence-corrected chi connectivity index (χ4v) is 3.71. The Morgan fingerprint density at radius 3 is 2.80 bits per heavy atom. The van der Waals surface area contributed by atoms with Crippen molar-refractivity contribution in [3.05, 3.63) is 28.2 Å². The van der Waals surface area contributed by atoms with Crippen LogP contribution < -0.4 is 0 Å². The maximum absolute atomic E-state index is 12.4. The minimum atomic E-state index is 0.0176. The highest BCUT2D eigenvalue weighted by Crippen LogP contribution is 2.27. The first-order valence-corrected chi connectivity index (χ1v) is 9.39. The number of aliphatic hydroxyl groups is 1. The zero-order valence-electron chi connectivity index (χ0n) is 14.6. The molecule has 0 spiro atoms. The van der Waals surface area contributed by atoms with Crippen molar-refractivity contribution in [2.24, 2.45) is 7.05 Å². The number of likely N-dealkylation sites (tertiary alicyclic amines) is 1. The second-order valence-corrected chi connectivity index (χ2v) is 7.15. The molecule has 1 fully saturated rings. The van der Waals surface area contributed by atoms with Gasteiger partial charge in [-0.15, -0.1) is 21.5 Å². The lowest BCUT2D eigenvalue weighted by molar-refractivity contribution is 0.0705. The molecule has 3 rings (SSSR count). The molecule has 3 heterocycles. The van der Waals surface area contributed by atoms with Gasteiger partial charge < -0.3 is 14.6 Å². The summed E-state index contributed by atoms with van der Waals surface area (Å²) in [6.07, 6.45) is 1.77. The highest BCUT2D eigenvalue weighted by Gasteiger charge is 2.28. The van der Waals surface area contributed by atoms with E-state index in [1.807, 2.05) is 23.9 Å². The average molecular weight is 364 g/mol.